The van der Waals surface area contributed by atoms with E-state index in [4.69, 9.17) is 0 Å². The smallest absolute Gasteiger partial charge is 0.270 e. The summed E-state index contributed by atoms with van der Waals surface area (Å²) in [5.74, 6) is 0.0651. The fourth-order valence-corrected chi connectivity index (χ4v) is 4.23. The number of aryl methyl sites for hydroxylation is 2. The third-order valence-corrected chi connectivity index (χ3v) is 5.67. The predicted molar refractivity (Wildman–Crippen MR) is 112 cm³/mol. The van der Waals surface area contributed by atoms with Crippen LogP contribution in [-0.4, -0.2) is 22.4 Å². The monoisotopic (exact) mass is 374 g/mol. The van der Waals surface area contributed by atoms with Gasteiger partial charge in [-0.15, -0.1) is 11.3 Å². The summed E-state index contributed by atoms with van der Waals surface area (Å²) in [6.07, 6.45) is 0.906. The molecule has 0 fully saturated rings. The third-order valence-electron chi connectivity index (χ3n) is 4.82. The molecule has 27 heavy (non-hydrogen) atoms. The number of amides is 1. The fraction of sp³-hybridized carbons (Fsp3) is 0.174. The predicted octanol–water partition coefficient (Wildman–Crippen LogP) is 5.22. The Kier molecular flexibility index (Phi) is 5.07. The molecule has 0 aliphatic rings. The number of carbonyl (C=O) groups excluding carboxylic acids is 1. The molecule has 0 radical (unpaired) electrons. The molecule has 136 valence electrons. The van der Waals surface area contributed by atoms with E-state index in [0.29, 0.717) is 6.54 Å². The maximum Gasteiger partial charge on any atom is 0.270 e. The van der Waals surface area contributed by atoms with E-state index in [2.05, 4.69) is 52.4 Å². The van der Waals surface area contributed by atoms with E-state index < -0.39 is 0 Å². The molecular weight excluding hydrogens is 352 g/mol. The molecule has 4 heteroatoms. The van der Waals surface area contributed by atoms with E-state index in [1.807, 2.05) is 37.4 Å². The van der Waals surface area contributed by atoms with Crippen molar-refractivity contribution in [3.8, 4) is 0 Å². The summed E-state index contributed by atoms with van der Waals surface area (Å²) >= 11 is 1.69. The van der Waals surface area contributed by atoms with Crippen LogP contribution in [-0.2, 0) is 19.5 Å². The molecular formula is C23H22N2OS. The van der Waals surface area contributed by atoms with Gasteiger partial charge in [0.25, 0.3) is 5.91 Å². The van der Waals surface area contributed by atoms with Gasteiger partial charge in [-0.2, -0.15) is 0 Å². The molecule has 0 spiro atoms. The number of aromatic nitrogens is 1. The highest BCUT2D eigenvalue weighted by Crippen LogP contribution is 2.26. The molecule has 0 saturated heterocycles. The van der Waals surface area contributed by atoms with E-state index in [0.717, 1.165) is 29.7 Å². The maximum absolute atomic E-state index is 13.2. The van der Waals surface area contributed by atoms with Crippen molar-refractivity contribution < 1.29 is 4.79 Å². The first-order valence-corrected chi connectivity index (χ1v) is 10.0. The number of rotatable bonds is 6. The van der Waals surface area contributed by atoms with Crippen molar-refractivity contribution in [1.29, 1.82) is 0 Å². The van der Waals surface area contributed by atoms with Crippen LogP contribution in [0.4, 0.5) is 0 Å². The number of benzene rings is 2. The van der Waals surface area contributed by atoms with Gasteiger partial charge in [0.1, 0.15) is 5.69 Å². The first-order valence-electron chi connectivity index (χ1n) is 9.12. The number of hydrogen-bond acceptors (Lipinski definition) is 2. The molecule has 3 nitrogen and oxygen atoms in total. The van der Waals surface area contributed by atoms with E-state index in [-0.39, 0.29) is 5.91 Å². The van der Waals surface area contributed by atoms with E-state index in [9.17, 15) is 4.79 Å². The molecule has 0 unspecified atom stereocenters. The Morgan fingerprint density at radius 3 is 2.33 bits per heavy atom. The second-order valence-electron chi connectivity index (χ2n) is 6.73. The van der Waals surface area contributed by atoms with E-state index in [1.165, 1.54) is 10.3 Å². The molecule has 4 rings (SSSR count). The lowest BCUT2D eigenvalue weighted by Crippen LogP contribution is -2.28. The van der Waals surface area contributed by atoms with Gasteiger partial charge >= 0.3 is 0 Å². The summed E-state index contributed by atoms with van der Waals surface area (Å²) in [4.78, 5) is 15.0. The van der Waals surface area contributed by atoms with E-state index in [1.54, 1.807) is 16.2 Å². The minimum absolute atomic E-state index is 0.0651. The van der Waals surface area contributed by atoms with Crippen LogP contribution in [0.5, 0.6) is 0 Å². The van der Waals surface area contributed by atoms with Crippen LogP contribution in [0.1, 0.15) is 21.6 Å². The Morgan fingerprint density at radius 1 is 0.963 bits per heavy atom. The zero-order valence-corrected chi connectivity index (χ0v) is 16.2. The molecule has 1 amide bonds. The molecule has 0 bridgehead atoms. The van der Waals surface area contributed by atoms with Crippen LogP contribution in [0.25, 0.3) is 10.2 Å². The van der Waals surface area contributed by atoms with Crippen molar-refractivity contribution in [2.24, 2.45) is 0 Å². The van der Waals surface area contributed by atoms with Gasteiger partial charge in [0.2, 0.25) is 0 Å². The van der Waals surface area contributed by atoms with Crippen molar-refractivity contribution in [3.63, 3.8) is 0 Å². The van der Waals surface area contributed by atoms with Crippen molar-refractivity contribution >= 4 is 27.5 Å². The minimum atomic E-state index is 0.0651. The summed E-state index contributed by atoms with van der Waals surface area (Å²) < 4.78 is 3.34. The van der Waals surface area contributed by atoms with Gasteiger partial charge < -0.3 is 9.47 Å². The van der Waals surface area contributed by atoms with Gasteiger partial charge in [-0.05, 0) is 35.1 Å². The maximum atomic E-state index is 13.2. The number of fused-ring (bicyclic) bond motifs is 1. The van der Waals surface area contributed by atoms with Crippen LogP contribution >= 0.6 is 11.3 Å². The Morgan fingerprint density at radius 2 is 1.63 bits per heavy atom. The lowest BCUT2D eigenvalue weighted by Gasteiger charge is -2.19. The number of carbonyl (C=O) groups is 1. The quantitative estimate of drug-likeness (QED) is 0.454. The largest absolute Gasteiger partial charge is 0.336 e. The molecule has 2 heterocycles. The molecule has 4 aromatic rings. The van der Waals surface area contributed by atoms with Crippen molar-refractivity contribution in [1.82, 2.24) is 9.47 Å². The summed E-state index contributed by atoms with van der Waals surface area (Å²) in [6.45, 7) is 1.40. The SMILES string of the molecule is CN(Cc1ccccc1)C(=O)c1cc2sccc2n1CCc1ccccc1. The number of thiophene rings is 1. The lowest BCUT2D eigenvalue weighted by atomic mass is 10.1. The third kappa shape index (κ3) is 3.81. The normalized spacial score (nSPS) is 11.0. The first-order chi connectivity index (χ1) is 13.2. The van der Waals surface area contributed by atoms with Gasteiger partial charge in [-0.1, -0.05) is 60.7 Å². The van der Waals surface area contributed by atoms with Gasteiger partial charge in [-0.25, -0.2) is 0 Å². The fourth-order valence-electron chi connectivity index (χ4n) is 3.41. The Labute approximate surface area is 163 Å². The molecule has 0 N–H and O–H groups in total. The second-order valence-corrected chi connectivity index (χ2v) is 7.68. The molecule has 2 aromatic heterocycles. The zero-order valence-electron chi connectivity index (χ0n) is 15.3. The summed E-state index contributed by atoms with van der Waals surface area (Å²) in [5, 5.41) is 2.09. The topological polar surface area (TPSA) is 25.2 Å². The molecule has 0 atom stereocenters. The molecule has 0 saturated carbocycles. The van der Waals surface area contributed by atoms with Crippen molar-refractivity contribution in [3.05, 3.63) is 95.0 Å². The molecule has 2 aromatic carbocycles. The van der Waals surface area contributed by atoms with Crippen molar-refractivity contribution in [2.75, 3.05) is 7.05 Å². The van der Waals surface area contributed by atoms with E-state index >= 15 is 0 Å². The number of nitrogens with zero attached hydrogens (tertiary/aromatic N) is 2. The number of hydrogen-bond donors (Lipinski definition) is 0. The highest BCUT2D eigenvalue weighted by molar-refractivity contribution is 7.17. The van der Waals surface area contributed by atoms with Gasteiger partial charge in [0, 0.05) is 20.1 Å². The van der Waals surface area contributed by atoms with Crippen LogP contribution in [0.2, 0.25) is 0 Å². The van der Waals surface area contributed by atoms with Crippen LogP contribution in [0, 0.1) is 0 Å². The second kappa shape index (κ2) is 7.80. The minimum Gasteiger partial charge on any atom is -0.336 e. The highest BCUT2D eigenvalue weighted by atomic mass is 32.1. The summed E-state index contributed by atoms with van der Waals surface area (Å²) in [7, 11) is 1.87. The highest BCUT2D eigenvalue weighted by Gasteiger charge is 2.19. The lowest BCUT2D eigenvalue weighted by molar-refractivity contribution is 0.0775. The summed E-state index contributed by atoms with van der Waals surface area (Å²) in [6, 6.07) is 24.7. The first kappa shape index (κ1) is 17.6. The average molecular weight is 375 g/mol. The standard InChI is InChI=1S/C23H22N2OS/c1-24(17-19-10-6-3-7-11-19)23(26)21-16-22-20(13-15-27-22)25(21)14-12-18-8-4-2-5-9-18/h2-11,13,15-16H,12,14,17H2,1H3. The van der Waals surface area contributed by atoms with Gasteiger partial charge in [0.05, 0.1) is 10.2 Å². The molecule has 0 aliphatic heterocycles. The van der Waals surface area contributed by atoms with Crippen LogP contribution in [0.3, 0.4) is 0 Å². The van der Waals surface area contributed by atoms with Crippen LogP contribution < -0.4 is 0 Å². The molecule has 0 aliphatic carbocycles. The Hall–Kier alpha value is -2.85. The zero-order chi connectivity index (χ0) is 18.6. The average Bonchev–Trinajstić information content (AvgIpc) is 3.29. The Bertz CT molecular complexity index is 1030. The van der Waals surface area contributed by atoms with Crippen LogP contribution in [0.15, 0.2) is 78.2 Å². The Balaban J connectivity index is 1.58. The van der Waals surface area contributed by atoms with Crippen molar-refractivity contribution in [2.45, 2.75) is 19.5 Å². The summed E-state index contributed by atoms with van der Waals surface area (Å²) in [5.41, 5.74) is 4.33. The van der Waals surface area contributed by atoms with Gasteiger partial charge in [0.15, 0.2) is 0 Å². The van der Waals surface area contributed by atoms with Gasteiger partial charge in [-0.3, -0.25) is 4.79 Å².